The number of benzene rings is 2. The molecule has 3 aromatic rings. The Labute approximate surface area is 159 Å². The first-order valence-corrected chi connectivity index (χ1v) is 9.91. The SMILES string of the molecule is O=c1[nH]c2ccc(S(=O)(=O)N3CCN(c4ccc([N+](=O)[O-])cc4)CC3)cc2o1. The fourth-order valence-corrected chi connectivity index (χ4v) is 4.65. The van der Waals surface area contributed by atoms with Crippen molar-refractivity contribution in [2.45, 2.75) is 4.90 Å². The van der Waals surface area contributed by atoms with Gasteiger partial charge in [0.2, 0.25) is 10.0 Å². The van der Waals surface area contributed by atoms with Gasteiger partial charge in [0.1, 0.15) is 0 Å². The largest absolute Gasteiger partial charge is 0.417 e. The zero-order valence-electron chi connectivity index (χ0n) is 14.6. The molecule has 0 aliphatic carbocycles. The molecule has 0 spiro atoms. The number of nitro benzene ring substituents is 1. The number of aromatic nitrogens is 1. The second kappa shape index (κ2) is 6.77. The van der Waals surface area contributed by atoms with E-state index in [0.717, 1.165) is 5.69 Å². The molecule has 11 heteroatoms. The number of H-pyrrole nitrogens is 1. The van der Waals surface area contributed by atoms with Gasteiger partial charge in [-0.2, -0.15) is 4.31 Å². The smallest absolute Gasteiger partial charge is 0.408 e. The number of oxazole rings is 1. The van der Waals surface area contributed by atoms with Gasteiger partial charge >= 0.3 is 5.76 Å². The number of rotatable bonds is 4. The molecule has 1 aliphatic rings. The Morgan fingerprint density at radius 3 is 2.36 bits per heavy atom. The van der Waals surface area contributed by atoms with E-state index in [-0.39, 0.29) is 29.3 Å². The molecule has 1 aromatic heterocycles. The monoisotopic (exact) mass is 404 g/mol. The van der Waals surface area contributed by atoms with Crippen LogP contribution in [0, 0.1) is 10.1 Å². The number of anilines is 1. The molecular weight excluding hydrogens is 388 g/mol. The molecule has 0 unspecified atom stereocenters. The normalized spacial score (nSPS) is 15.8. The highest BCUT2D eigenvalue weighted by molar-refractivity contribution is 7.89. The second-order valence-electron chi connectivity index (χ2n) is 6.34. The standard InChI is InChI=1S/C17H16N4O6S/c22-17-18-15-6-5-14(11-16(15)27-17)28(25,26)20-9-7-19(8-10-20)12-1-3-13(4-2-12)21(23)24/h1-6,11H,7-10H2,(H,18,22). The van der Waals surface area contributed by atoms with Crippen LogP contribution < -0.4 is 10.7 Å². The number of hydrogen-bond acceptors (Lipinski definition) is 7. The van der Waals surface area contributed by atoms with Crippen molar-refractivity contribution in [3.8, 4) is 0 Å². The minimum absolute atomic E-state index is 0.0109. The predicted molar refractivity (Wildman–Crippen MR) is 101 cm³/mol. The third kappa shape index (κ3) is 3.25. The highest BCUT2D eigenvalue weighted by atomic mass is 32.2. The third-order valence-corrected chi connectivity index (χ3v) is 6.59. The van der Waals surface area contributed by atoms with E-state index in [4.69, 9.17) is 4.42 Å². The number of nitrogens with one attached hydrogen (secondary N) is 1. The first-order chi connectivity index (χ1) is 13.3. The lowest BCUT2D eigenvalue weighted by Crippen LogP contribution is -2.48. The average molecular weight is 404 g/mol. The summed E-state index contributed by atoms with van der Waals surface area (Å²) in [5, 5.41) is 10.8. The highest BCUT2D eigenvalue weighted by Crippen LogP contribution is 2.24. The summed E-state index contributed by atoms with van der Waals surface area (Å²) in [5.74, 6) is -0.638. The van der Waals surface area contributed by atoms with Gasteiger partial charge < -0.3 is 9.32 Å². The fourth-order valence-electron chi connectivity index (χ4n) is 3.21. The van der Waals surface area contributed by atoms with Crippen LogP contribution in [0.4, 0.5) is 11.4 Å². The summed E-state index contributed by atoms with van der Waals surface area (Å²) >= 11 is 0. The molecule has 4 rings (SSSR count). The van der Waals surface area contributed by atoms with Gasteiger partial charge in [-0.15, -0.1) is 0 Å². The number of hydrogen-bond donors (Lipinski definition) is 1. The van der Waals surface area contributed by atoms with Gasteiger partial charge in [-0.3, -0.25) is 15.1 Å². The van der Waals surface area contributed by atoms with E-state index in [2.05, 4.69) is 4.98 Å². The van der Waals surface area contributed by atoms with Crippen molar-refractivity contribution in [2.75, 3.05) is 31.1 Å². The summed E-state index contributed by atoms with van der Waals surface area (Å²) in [6, 6.07) is 10.4. The number of sulfonamides is 1. The number of aromatic amines is 1. The molecular formula is C17H16N4O6S. The van der Waals surface area contributed by atoms with E-state index in [9.17, 15) is 23.3 Å². The Bertz CT molecular complexity index is 1190. The van der Waals surface area contributed by atoms with Crippen molar-refractivity contribution < 1.29 is 17.8 Å². The summed E-state index contributed by atoms with van der Waals surface area (Å²) in [7, 11) is -3.73. The number of fused-ring (bicyclic) bond motifs is 1. The molecule has 28 heavy (non-hydrogen) atoms. The van der Waals surface area contributed by atoms with Crippen LogP contribution in [0.3, 0.4) is 0 Å². The van der Waals surface area contributed by atoms with Crippen LogP contribution >= 0.6 is 0 Å². The Kier molecular flexibility index (Phi) is 4.40. The van der Waals surface area contributed by atoms with Crippen LogP contribution in [0.2, 0.25) is 0 Å². The minimum Gasteiger partial charge on any atom is -0.408 e. The fraction of sp³-hybridized carbons (Fsp3) is 0.235. The molecule has 0 radical (unpaired) electrons. The quantitative estimate of drug-likeness (QED) is 0.516. The molecule has 1 aliphatic heterocycles. The predicted octanol–water partition coefficient (Wildman–Crippen LogP) is 1.54. The molecule has 146 valence electrons. The van der Waals surface area contributed by atoms with Crippen LogP contribution in [0.25, 0.3) is 11.1 Å². The molecule has 1 saturated heterocycles. The van der Waals surface area contributed by atoms with Gasteiger partial charge in [0, 0.05) is 50.1 Å². The van der Waals surface area contributed by atoms with E-state index in [1.54, 1.807) is 12.1 Å². The van der Waals surface area contributed by atoms with Crippen molar-refractivity contribution in [2.24, 2.45) is 0 Å². The van der Waals surface area contributed by atoms with Crippen molar-refractivity contribution in [3.63, 3.8) is 0 Å². The molecule has 0 saturated carbocycles. The van der Waals surface area contributed by atoms with E-state index >= 15 is 0 Å². The van der Waals surface area contributed by atoms with Crippen LogP contribution in [0.15, 0.2) is 56.6 Å². The zero-order chi connectivity index (χ0) is 19.9. The Hall–Kier alpha value is -3.18. The van der Waals surface area contributed by atoms with E-state index in [0.29, 0.717) is 18.6 Å². The molecule has 0 bridgehead atoms. The first-order valence-electron chi connectivity index (χ1n) is 8.47. The van der Waals surface area contributed by atoms with Crippen molar-refractivity contribution >= 4 is 32.5 Å². The summed E-state index contributed by atoms with van der Waals surface area (Å²) in [5.41, 5.74) is 1.44. The number of piperazine rings is 1. The van der Waals surface area contributed by atoms with Gasteiger partial charge in [-0.05, 0) is 24.3 Å². The van der Waals surface area contributed by atoms with Gasteiger partial charge in [0.05, 0.1) is 15.3 Å². The Morgan fingerprint density at radius 1 is 1.04 bits per heavy atom. The zero-order valence-corrected chi connectivity index (χ0v) is 15.4. The first kappa shape index (κ1) is 18.2. The molecule has 2 aromatic carbocycles. The van der Waals surface area contributed by atoms with E-state index in [1.807, 2.05) is 4.90 Å². The maximum Gasteiger partial charge on any atom is 0.417 e. The van der Waals surface area contributed by atoms with Crippen LogP contribution in [-0.2, 0) is 10.0 Å². The van der Waals surface area contributed by atoms with Crippen LogP contribution in [0.5, 0.6) is 0 Å². The highest BCUT2D eigenvalue weighted by Gasteiger charge is 2.29. The number of nitrogens with zero attached hydrogens (tertiary/aromatic N) is 3. The summed E-state index contributed by atoms with van der Waals surface area (Å²) < 4.78 is 32.1. The van der Waals surface area contributed by atoms with Crippen molar-refractivity contribution in [1.82, 2.24) is 9.29 Å². The molecule has 0 amide bonds. The van der Waals surface area contributed by atoms with Gasteiger partial charge in [-0.1, -0.05) is 0 Å². The minimum atomic E-state index is -3.73. The summed E-state index contributed by atoms with van der Waals surface area (Å²) in [6.07, 6.45) is 0. The lowest BCUT2D eigenvalue weighted by molar-refractivity contribution is -0.384. The summed E-state index contributed by atoms with van der Waals surface area (Å²) in [6.45, 7) is 1.46. The van der Waals surface area contributed by atoms with Gasteiger partial charge in [0.15, 0.2) is 5.58 Å². The van der Waals surface area contributed by atoms with E-state index in [1.165, 1.54) is 34.6 Å². The molecule has 2 heterocycles. The lowest BCUT2D eigenvalue weighted by atomic mass is 10.2. The van der Waals surface area contributed by atoms with E-state index < -0.39 is 20.7 Å². The second-order valence-corrected chi connectivity index (χ2v) is 8.28. The average Bonchev–Trinajstić information content (AvgIpc) is 3.07. The van der Waals surface area contributed by atoms with Gasteiger partial charge in [0.25, 0.3) is 5.69 Å². The Morgan fingerprint density at radius 2 is 1.71 bits per heavy atom. The third-order valence-electron chi connectivity index (χ3n) is 4.69. The molecule has 10 nitrogen and oxygen atoms in total. The maximum absolute atomic E-state index is 12.9. The van der Waals surface area contributed by atoms with Crippen LogP contribution in [0.1, 0.15) is 0 Å². The molecule has 1 fully saturated rings. The number of non-ortho nitro benzene ring substituents is 1. The van der Waals surface area contributed by atoms with Crippen LogP contribution in [-0.4, -0.2) is 48.8 Å². The topological polar surface area (TPSA) is 130 Å². The molecule has 0 atom stereocenters. The van der Waals surface area contributed by atoms with Crippen molar-refractivity contribution in [3.05, 3.63) is 63.1 Å². The Balaban J connectivity index is 1.50. The summed E-state index contributed by atoms with van der Waals surface area (Å²) in [4.78, 5) is 26.1. The lowest BCUT2D eigenvalue weighted by Gasteiger charge is -2.35. The van der Waals surface area contributed by atoms with Crippen molar-refractivity contribution in [1.29, 1.82) is 0 Å². The molecule has 1 N–H and O–H groups in total. The van der Waals surface area contributed by atoms with Gasteiger partial charge in [-0.25, -0.2) is 13.2 Å². The number of nitro groups is 1. The maximum atomic E-state index is 12.9.